The molecular formula is C19H34N2O3. The zero-order chi connectivity index (χ0) is 17.7. The summed E-state index contributed by atoms with van der Waals surface area (Å²) >= 11 is 0. The van der Waals surface area contributed by atoms with Gasteiger partial charge in [-0.2, -0.15) is 0 Å². The van der Waals surface area contributed by atoms with E-state index in [1.165, 1.54) is 0 Å². The number of carbonyl (C=O) groups is 2. The van der Waals surface area contributed by atoms with E-state index in [1.807, 2.05) is 18.7 Å². The average Bonchev–Trinajstić information content (AvgIpc) is 3.12. The summed E-state index contributed by atoms with van der Waals surface area (Å²) in [5.74, 6) is -0.187. The van der Waals surface area contributed by atoms with Crippen molar-refractivity contribution in [1.29, 1.82) is 0 Å². The lowest BCUT2D eigenvalue weighted by molar-refractivity contribution is -0.143. The van der Waals surface area contributed by atoms with Gasteiger partial charge < -0.3 is 15.3 Å². The second-order valence-electron chi connectivity index (χ2n) is 7.91. The molecule has 4 unspecified atom stereocenters. The van der Waals surface area contributed by atoms with Gasteiger partial charge in [0.15, 0.2) is 0 Å². The summed E-state index contributed by atoms with van der Waals surface area (Å²) in [5, 5.41) is 13.4. The van der Waals surface area contributed by atoms with E-state index in [-0.39, 0.29) is 36.1 Å². The monoisotopic (exact) mass is 338 g/mol. The lowest BCUT2D eigenvalue weighted by Gasteiger charge is -2.34. The standard InChI is InChI=1S/C19H34N2O3/c1-4-14(2)19(3,24)13-20-17(22)15-9-5-6-10-16(15)18(23)21-11-7-8-12-21/h14-16,24H,4-13H2,1-3H3,(H,20,22). The molecule has 24 heavy (non-hydrogen) atoms. The maximum atomic E-state index is 12.8. The average molecular weight is 338 g/mol. The Morgan fingerprint density at radius 3 is 2.33 bits per heavy atom. The molecular weight excluding hydrogens is 304 g/mol. The van der Waals surface area contributed by atoms with Gasteiger partial charge in [0.1, 0.15) is 0 Å². The first-order valence-electron chi connectivity index (χ1n) is 9.65. The van der Waals surface area contributed by atoms with E-state index in [4.69, 9.17) is 0 Å². The van der Waals surface area contributed by atoms with Crippen molar-refractivity contribution in [1.82, 2.24) is 10.2 Å². The molecule has 5 heteroatoms. The number of nitrogens with zero attached hydrogens (tertiary/aromatic N) is 1. The van der Waals surface area contributed by atoms with Crippen LogP contribution in [0, 0.1) is 17.8 Å². The van der Waals surface area contributed by atoms with Crippen LogP contribution < -0.4 is 5.32 Å². The van der Waals surface area contributed by atoms with Gasteiger partial charge >= 0.3 is 0 Å². The molecule has 2 N–H and O–H groups in total. The first kappa shape index (κ1) is 19.2. The van der Waals surface area contributed by atoms with E-state index >= 15 is 0 Å². The summed E-state index contributed by atoms with van der Waals surface area (Å²) in [7, 11) is 0. The molecule has 4 atom stereocenters. The number of rotatable bonds is 6. The number of nitrogens with one attached hydrogen (secondary N) is 1. The zero-order valence-corrected chi connectivity index (χ0v) is 15.5. The van der Waals surface area contributed by atoms with Crippen molar-refractivity contribution in [3.8, 4) is 0 Å². The van der Waals surface area contributed by atoms with Gasteiger partial charge in [-0.25, -0.2) is 0 Å². The van der Waals surface area contributed by atoms with Gasteiger partial charge in [-0.15, -0.1) is 0 Å². The minimum absolute atomic E-state index is 0.0594. The third kappa shape index (κ3) is 4.50. The van der Waals surface area contributed by atoms with Gasteiger partial charge in [0.2, 0.25) is 11.8 Å². The molecule has 5 nitrogen and oxygen atoms in total. The summed E-state index contributed by atoms with van der Waals surface area (Å²) in [6, 6.07) is 0. The van der Waals surface area contributed by atoms with Crippen LogP contribution in [-0.2, 0) is 9.59 Å². The van der Waals surface area contributed by atoms with Gasteiger partial charge in [0.25, 0.3) is 0 Å². The first-order chi connectivity index (χ1) is 11.4. The second-order valence-corrected chi connectivity index (χ2v) is 7.91. The SMILES string of the molecule is CCC(C)C(C)(O)CNC(=O)C1CCCCC1C(=O)N1CCCC1. The molecule has 2 aliphatic rings. The molecule has 1 aliphatic carbocycles. The van der Waals surface area contributed by atoms with Crippen molar-refractivity contribution in [2.45, 2.75) is 71.3 Å². The first-order valence-corrected chi connectivity index (χ1v) is 9.65. The smallest absolute Gasteiger partial charge is 0.226 e. The number of hydrogen-bond donors (Lipinski definition) is 2. The van der Waals surface area contributed by atoms with Crippen LogP contribution >= 0.6 is 0 Å². The van der Waals surface area contributed by atoms with Crippen molar-refractivity contribution in [3.05, 3.63) is 0 Å². The van der Waals surface area contributed by atoms with Gasteiger partial charge in [-0.05, 0) is 38.5 Å². The molecule has 0 aromatic carbocycles. The number of carbonyl (C=O) groups excluding carboxylic acids is 2. The summed E-state index contributed by atoms with van der Waals surface area (Å²) in [5.41, 5.74) is -0.909. The number of hydrogen-bond acceptors (Lipinski definition) is 3. The molecule has 0 aromatic heterocycles. The molecule has 1 saturated carbocycles. The van der Waals surface area contributed by atoms with Crippen LogP contribution in [-0.4, -0.2) is 47.1 Å². The Labute approximate surface area is 146 Å². The molecule has 2 rings (SSSR count). The number of aliphatic hydroxyl groups is 1. The molecule has 138 valence electrons. The van der Waals surface area contributed by atoms with Crippen molar-refractivity contribution < 1.29 is 14.7 Å². The van der Waals surface area contributed by atoms with E-state index in [0.717, 1.165) is 58.0 Å². The van der Waals surface area contributed by atoms with E-state index in [0.29, 0.717) is 0 Å². The normalized spacial score (nSPS) is 28.2. The Morgan fingerprint density at radius 1 is 1.17 bits per heavy atom. The zero-order valence-electron chi connectivity index (χ0n) is 15.5. The maximum Gasteiger partial charge on any atom is 0.226 e. The van der Waals surface area contributed by atoms with Gasteiger partial charge in [0.05, 0.1) is 5.60 Å². The minimum atomic E-state index is -0.909. The van der Waals surface area contributed by atoms with Crippen LogP contribution in [0.1, 0.15) is 65.7 Å². The third-order valence-corrected chi connectivity index (χ3v) is 6.13. The van der Waals surface area contributed by atoms with Crippen molar-refractivity contribution in [2.24, 2.45) is 17.8 Å². The second kappa shape index (κ2) is 8.32. The number of likely N-dealkylation sites (tertiary alicyclic amines) is 1. The highest BCUT2D eigenvalue weighted by Crippen LogP contribution is 2.32. The molecule has 0 spiro atoms. The fraction of sp³-hybridized carbons (Fsp3) is 0.895. The Morgan fingerprint density at radius 2 is 1.75 bits per heavy atom. The third-order valence-electron chi connectivity index (χ3n) is 6.13. The molecule has 2 fully saturated rings. The molecule has 0 bridgehead atoms. The van der Waals surface area contributed by atoms with Crippen molar-refractivity contribution in [2.75, 3.05) is 19.6 Å². The van der Waals surface area contributed by atoms with Crippen LogP contribution in [0.5, 0.6) is 0 Å². The Balaban J connectivity index is 1.96. The lowest BCUT2D eigenvalue weighted by Crippen LogP contribution is -2.49. The van der Waals surface area contributed by atoms with Crippen LogP contribution in [0.3, 0.4) is 0 Å². The van der Waals surface area contributed by atoms with Gasteiger partial charge in [-0.1, -0.05) is 33.1 Å². The van der Waals surface area contributed by atoms with E-state index in [1.54, 1.807) is 6.92 Å². The largest absolute Gasteiger partial charge is 0.388 e. The van der Waals surface area contributed by atoms with Gasteiger partial charge in [0, 0.05) is 31.5 Å². The van der Waals surface area contributed by atoms with E-state index in [9.17, 15) is 14.7 Å². The number of amides is 2. The lowest BCUT2D eigenvalue weighted by atomic mass is 9.77. The highest BCUT2D eigenvalue weighted by molar-refractivity contribution is 5.88. The highest BCUT2D eigenvalue weighted by Gasteiger charge is 2.39. The molecule has 0 radical (unpaired) electrons. The predicted molar refractivity (Wildman–Crippen MR) is 94.4 cm³/mol. The van der Waals surface area contributed by atoms with Gasteiger partial charge in [-0.3, -0.25) is 9.59 Å². The predicted octanol–water partition coefficient (Wildman–Crippen LogP) is 2.33. The fourth-order valence-electron chi connectivity index (χ4n) is 3.92. The Kier molecular flexibility index (Phi) is 6.67. The van der Waals surface area contributed by atoms with Crippen LogP contribution in [0.4, 0.5) is 0 Å². The summed E-state index contributed by atoms with van der Waals surface area (Å²) in [6.45, 7) is 7.73. The topological polar surface area (TPSA) is 69.6 Å². The molecule has 0 aromatic rings. The Hall–Kier alpha value is -1.10. The fourth-order valence-corrected chi connectivity index (χ4v) is 3.92. The maximum absolute atomic E-state index is 12.8. The summed E-state index contributed by atoms with van der Waals surface area (Å²) < 4.78 is 0. The van der Waals surface area contributed by atoms with Crippen LogP contribution in [0.2, 0.25) is 0 Å². The van der Waals surface area contributed by atoms with E-state index < -0.39 is 5.60 Å². The molecule has 1 heterocycles. The van der Waals surface area contributed by atoms with Crippen LogP contribution in [0.25, 0.3) is 0 Å². The highest BCUT2D eigenvalue weighted by atomic mass is 16.3. The van der Waals surface area contributed by atoms with Crippen molar-refractivity contribution >= 4 is 11.8 Å². The molecule has 1 aliphatic heterocycles. The minimum Gasteiger partial charge on any atom is -0.388 e. The summed E-state index contributed by atoms with van der Waals surface area (Å²) in [4.78, 5) is 27.4. The van der Waals surface area contributed by atoms with E-state index in [2.05, 4.69) is 5.32 Å². The Bertz CT molecular complexity index is 444. The molecule has 2 amide bonds. The quantitative estimate of drug-likeness (QED) is 0.781. The van der Waals surface area contributed by atoms with Crippen LogP contribution in [0.15, 0.2) is 0 Å². The van der Waals surface area contributed by atoms with Crippen molar-refractivity contribution in [3.63, 3.8) is 0 Å². The summed E-state index contributed by atoms with van der Waals surface area (Å²) in [6.07, 6.45) is 6.64. The molecule has 1 saturated heterocycles.